The number of benzene rings is 1. The van der Waals surface area contributed by atoms with Crippen molar-refractivity contribution in [3.05, 3.63) is 57.8 Å². The Labute approximate surface area is 115 Å². The van der Waals surface area contributed by atoms with Crippen molar-refractivity contribution in [2.75, 3.05) is 0 Å². The van der Waals surface area contributed by atoms with Gasteiger partial charge in [0.2, 0.25) is 0 Å². The van der Waals surface area contributed by atoms with E-state index in [1.165, 1.54) is 0 Å². The molecule has 0 radical (unpaired) electrons. The molecule has 0 amide bonds. The molecule has 0 saturated heterocycles. The molecular weight excluding hydrogens is 271 g/mol. The third kappa shape index (κ3) is 3.13. The lowest BCUT2D eigenvalue weighted by Gasteiger charge is -2.07. The van der Waals surface area contributed by atoms with Crippen LogP contribution in [0.5, 0.6) is 5.75 Å². The third-order valence-electron chi connectivity index (χ3n) is 2.24. The molecule has 0 aliphatic carbocycles. The van der Waals surface area contributed by atoms with Crippen LogP contribution in [0.3, 0.4) is 0 Å². The number of ether oxygens (including phenoxy) is 1. The van der Waals surface area contributed by atoms with E-state index in [9.17, 15) is 0 Å². The van der Waals surface area contributed by atoms with Gasteiger partial charge in [-0.1, -0.05) is 23.2 Å². The quantitative estimate of drug-likeness (QED) is 0.857. The minimum atomic E-state index is 0.342. The largest absolute Gasteiger partial charge is 0.489 e. The van der Waals surface area contributed by atoms with Gasteiger partial charge in [0.25, 0.3) is 0 Å². The van der Waals surface area contributed by atoms with E-state index in [-0.39, 0.29) is 0 Å². The molecule has 0 aliphatic heterocycles. The van der Waals surface area contributed by atoms with Crippen molar-refractivity contribution in [2.24, 2.45) is 0 Å². The first-order valence-corrected chi connectivity index (χ1v) is 5.87. The van der Waals surface area contributed by atoms with E-state index >= 15 is 0 Å². The first kappa shape index (κ1) is 12.7. The van der Waals surface area contributed by atoms with Gasteiger partial charge in [-0.25, -0.2) is 4.98 Å². The van der Waals surface area contributed by atoms with E-state index in [4.69, 9.17) is 33.2 Å². The second-order valence-corrected chi connectivity index (χ2v) is 4.34. The molecule has 0 spiro atoms. The van der Waals surface area contributed by atoms with E-state index in [1.807, 2.05) is 6.07 Å². The summed E-state index contributed by atoms with van der Waals surface area (Å²) in [7, 11) is 0. The van der Waals surface area contributed by atoms with Crippen LogP contribution in [-0.2, 0) is 6.61 Å². The van der Waals surface area contributed by atoms with Gasteiger partial charge in [0.15, 0.2) is 0 Å². The predicted molar refractivity (Wildman–Crippen MR) is 69.7 cm³/mol. The van der Waals surface area contributed by atoms with Gasteiger partial charge in [-0.2, -0.15) is 5.26 Å². The van der Waals surface area contributed by atoms with Gasteiger partial charge in [0.05, 0.1) is 10.0 Å². The van der Waals surface area contributed by atoms with Crippen LogP contribution < -0.4 is 4.74 Å². The topological polar surface area (TPSA) is 45.9 Å². The monoisotopic (exact) mass is 278 g/mol. The Morgan fingerprint density at radius 2 is 2.00 bits per heavy atom. The molecule has 1 aromatic heterocycles. The molecule has 0 atom stereocenters. The zero-order valence-electron chi connectivity index (χ0n) is 9.23. The SMILES string of the molecule is N#Cc1cc(COc2ccc(Cl)c(Cl)c2)ccn1. The Morgan fingerprint density at radius 1 is 1.17 bits per heavy atom. The maximum absolute atomic E-state index is 8.73. The molecule has 1 heterocycles. The standard InChI is InChI=1S/C13H8Cl2N2O/c14-12-2-1-11(6-13(12)15)18-8-9-3-4-17-10(5-9)7-16/h1-6H,8H2. The molecule has 90 valence electrons. The van der Waals surface area contributed by atoms with Crippen LogP contribution in [0, 0.1) is 11.3 Å². The molecule has 0 fully saturated rings. The summed E-state index contributed by atoms with van der Waals surface area (Å²) >= 11 is 11.7. The fraction of sp³-hybridized carbons (Fsp3) is 0.0769. The van der Waals surface area contributed by atoms with Crippen LogP contribution in [0.4, 0.5) is 0 Å². The molecule has 2 aromatic rings. The molecule has 5 heteroatoms. The molecule has 0 unspecified atom stereocenters. The summed E-state index contributed by atoms with van der Waals surface area (Å²) in [6, 6.07) is 10.5. The van der Waals surface area contributed by atoms with Crippen LogP contribution in [0.25, 0.3) is 0 Å². The van der Waals surface area contributed by atoms with Crippen molar-refractivity contribution in [3.8, 4) is 11.8 Å². The first-order chi connectivity index (χ1) is 8.69. The number of rotatable bonds is 3. The third-order valence-corrected chi connectivity index (χ3v) is 2.97. The Balaban J connectivity index is 2.07. The lowest BCUT2D eigenvalue weighted by molar-refractivity contribution is 0.306. The lowest BCUT2D eigenvalue weighted by Crippen LogP contribution is -1.96. The van der Waals surface area contributed by atoms with Crippen LogP contribution in [0.1, 0.15) is 11.3 Å². The van der Waals surface area contributed by atoms with Crippen molar-refractivity contribution in [2.45, 2.75) is 6.61 Å². The average Bonchev–Trinajstić information content (AvgIpc) is 2.40. The van der Waals surface area contributed by atoms with Gasteiger partial charge < -0.3 is 4.74 Å². The van der Waals surface area contributed by atoms with Gasteiger partial charge in [-0.05, 0) is 29.8 Å². The highest BCUT2D eigenvalue weighted by atomic mass is 35.5. The van der Waals surface area contributed by atoms with E-state index in [0.717, 1.165) is 5.56 Å². The predicted octanol–water partition coefficient (Wildman–Crippen LogP) is 3.84. The van der Waals surface area contributed by atoms with Gasteiger partial charge in [0, 0.05) is 12.3 Å². The fourth-order valence-electron chi connectivity index (χ4n) is 1.36. The van der Waals surface area contributed by atoms with Crippen molar-refractivity contribution in [3.63, 3.8) is 0 Å². The summed E-state index contributed by atoms with van der Waals surface area (Å²) in [6.07, 6.45) is 1.58. The highest BCUT2D eigenvalue weighted by Crippen LogP contribution is 2.26. The average molecular weight is 279 g/mol. The van der Waals surface area contributed by atoms with Crippen LogP contribution in [-0.4, -0.2) is 4.98 Å². The highest BCUT2D eigenvalue weighted by Gasteiger charge is 2.02. The van der Waals surface area contributed by atoms with E-state index in [1.54, 1.807) is 36.5 Å². The summed E-state index contributed by atoms with van der Waals surface area (Å²) < 4.78 is 5.55. The summed E-state index contributed by atoms with van der Waals surface area (Å²) in [5.41, 5.74) is 1.23. The van der Waals surface area contributed by atoms with Gasteiger partial charge >= 0.3 is 0 Å². The number of nitrogens with zero attached hydrogens (tertiary/aromatic N) is 2. The second-order valence-electron chi connectivity index (χ2n) is 3.53. The van der Waals surface area contributed by atoms with Crippen molar-refractivity contribution in [1.29, 1.82) is 5.26 Å². The normalized spacial score (nSPS) is 9.83. The molecule has 18 heavy (non-hydrogen) atoms. The van der Waals surface area contributed by atoms with Gasteiger partial charge in [-0.3, -0.25) is 0 Å². The summed E-state index contributed by atoms with van der Waals surface area (Å²) in [5, 5.41) is 9.66. The molecule has 0 aliphatic rings. The lowest BCUT2D eigenvalue weighted by atomic mass is 10.2. The van der Waals surface area contributed by atoms with E-state index in [2.05, 4.69) is 4.98 Å². The van der Waals surface area contributed by atoms with Crippen LogP contribution in [0.15, 0.2) is 36.5 Å². The number of halogens is 2. The number of pyridine rings is 1. The van der Waals surface area contributed by atoms with Crippen LogP contribution in [0.2, 0.25) is 10.0 Å². The molecule has 2 rings (SSSR count). The fourth-order valence-corrected chi connectivity index (χ4v) is 1.65. The Kier molecular flexibility index (Phi) is 4.03. The molecule has 3 nitrogen and oxygen atoms in total. The summed E-state index contributed by atoms with van der Waals surface area (Å²) in [4.78, 5) is 3.88. The van der Waals surface area contributed by atoms with Crippen LogP contribution >= 0.6 is 23.2 Å². The zero-order chi connectivity index (χ0) is 13.0. The maximum atomic E-state index is 8.73. The smallest absolute Gasteiger partial charge is 0.140 e. The molecule has 0 saturated carbocycles. The minimum Gasteiger partial charge on any atom is -0.489 e. The minimum absolute atomic E-state index is 0.342. The first-order valence-electron chi connectivity index (χ1n) is 5.12. The van der Waals surface area contributed by atoms with E-state index < -0.39 is 0 Å². The van der Waals surface area contributed by atoms with Gasteiger partial charge in [0.1, 0.15) is 24.1 Å². The number of hydrogen-bond acceptors (Lipinski definition) is 3. The molecule has 1 aromatic carbocycles. The van der Waals surface area contributed by atoms with E-state index in [0.29, 0.717) is 28.1 Å². The second kappa shape index (κ2) is 5.72. The number of hydrogen-bond donors (Lipinski definition) is 0. The zero-order valence-corrected chi connectivity index (χ0v) is 10.7. The van der Waals surface area contributed by atoms with Crippen molar-refractivity contribution in [1.82, 2.24) is 4.98 Å². The maximum Gasteiger partial charge on any atom is 0.140 e. The summed E-state index contributed by atoms with van der Waals surface area (Å²) in [5.74, 6) is 0.625. The van der Waals surface area contributed by atoms with Crippen molar-refractivity contribution < 1.29 is 4.74 Å². The summed E-state index contributed by atoms with van der Waals surface area (Å²) in [6.45, 7) is 0.342. The van der Waals surface area contributed by atoms with Gasteiger partial charge in [-0.15, -0.1) is 0 Å². The Bertz CT molecular complexity index is 608. The van der Waals surface area contributed by atoms with Crippen molar-refractivity contribution >= 4 is 23.2 Å². The Morgan fingerprint density at radius 3 is 2.72 bits per heavy atom. The number of aromatic nitrogens is 1. The highest BCUT2D eigenvalue weighted by molar-refractivity contribution is 6.42. The molecule has 0 bridgehead atoms. The number of nitriles is 1. The molecule has 0 N–H and O–H groups in total. The Hall–Kier alpha value is -1.76. The molecular formula is C13H8Cl2N2O.